The average molecular weight is 312 g/mol. The van der Waals surface area contributed by atoms with Crippen LogP contribution in [0.3, 0.4) is 0 Å². The van der Waals surface area contributed by atoms with Crippen molar-refractivity contribution in [2.24, 2.45) is 5.84 Å². The van der Waals surface area contributed by atoms with Gasteiger partial charge < -0.3 is 4.74 Å². The number of non-ortho nitro benzene ring substituents is 1. The normalized spacial score (nSPS) is 10.2. The lowest BCUT2D eigenvalue weighted by Gasteiger charge is -2.05. The van der Waals surface area contributed by atoms with Crippen LogP contribution in [-0.4, -0.2) is 20.6 Å². The Morgan fingerprint density at radius 2 is 2.14 bits per heavy atom. The molecule has 10 heteroatoms. The number of rotatable bonds is 5. The van der Waals surface area contributed by atoms with Gasteiger partial charge in [-0.05, 0) is 12.1 Å². The number of nitrogens with two attached hydrogens (primary N) is 1. The van der Waals surface area contributed by atoms with Crippen LogP contribution in [-0.2, 0) is 6.73 Å². The number of carbonyl (C=O) groups excluding carboxylic acids is 1. The topological polar surface area (TPSA) is 125 Å². The Hall–Kier alpha value is -2.65. The van der Waals surface area contributed by atoms with Crippen LogP contribution in [0.1, 0.15) is 10.5 Å². The van der Waals surface area contributed by atoms with Gasteiger partial charge in [-0.15, -0.1) is 0 Å². The molecule has 1 amide bonds. The van der Waals surface area contributed by atoms with Gasteiger partial charge in [0.25, 0.3) is 11.6 Å². The molecule has 0 aliphatic carbocycles. The van der Waals surface area contributed by atoms with E-state index in [9.17, 15) is 14.9 Å². The Labute approximate surface area is 123 Å². The molecule has 0 atom stereocenters. The molecule has 0 spiro atoms. The highest BCUT2D eigenvalue weighted by molar-refractivity contribution is 6.33. The molecule has 2 rings (SSSR count). The average Bonchev–Trinajstić information content (AvgIpc) is 2.86. The predicted molar refractivity (Wildman–Crippen MR) is 72.6 cm³/mol. The molecule has 0 aliphatic rings. The summed E-state index contributed by atoms with van der Waals surface area (Å²) in [4.78, 5) is 21.3. The molecular formula is C11H10ClN5O4. The van der Waals surface area contributed by atoms with Gasteiger partial charge in [0.1, 0.15) is 5.75 Å². The third-order valence-corrected chi connectivity index (χ3v) is 2.75. The molecule has 1 heterocycles. The van der Waals surface area contributed by atoms with Gasteiger partial charge in [0.2, 0.25) is 0 Å². The summed E-state index contributed by atoms with van der Waals surface area (Å²) in [6.45, 7) is -0.0185. The van der Waals surface area contributed by atoms with E-state index < -0.39 is 10.8 Å². The number of carbonyl (C=O) groups is 1. The van der Waals surface area contributed by atoms with Gasteiger partial charge >= 0.3 is 0 Å². The fourth-order valence-electron chi connectivity index (χ4n) is 1.49. The zero-order valence-electron chi connectivity index (χ0n) is 10.5. The second kappa shape index (κ2) is 6.20. The van der Waals surface area contributed by atoms with E-state index in [1.54, 1.807) is 0 Å². The van der Waals surface area contributed by atoms with Crippen LogP contribution in [0, 0.1) is 10.1 Å². The highest BCUT2D eigenvalue weighted by Crippen LogP contribution is 2.18. The first-order valence-electron chi connectivity index (χ1n) is 5.62. The molecule has 2 aromatic rings. The van der Waals surface area contributed by atoms with E-state index in [-0.39, 0.29) is 23.1 Å². The van der Waals surface area contributed by atoms with Crippen molar-refractivity contribution in [3.63, 3.8) is 0 Å². The van der Waals surface area contributed by atoms with Crippen molar-refractivity contribution in [2.75, 3.05) is 0 Å². The Balaban J connectivity index is 2.03. The molecule has 0 saturated heterocycles. The number of ether oxygens (including phenoxy) is 1. The maximum Gasteiger partial charge on any atom is 0.287 e. The molecule has 0 aliphatic heterocycles. The molecule has 21 heavy (non-hydrogen) atoms. The molecule has 0 unspecified atom stereocenters. The Morgan fingerprint density at radius 1 is 1.48 bits per heavy atom. The summed E-state index contributed by atoms with van der Waals surface area (Å²) in [6, 6.07) is 5.55. The molecule has 9 nitrogen and oxygen atoms in total. The number of amides is 1. The molecule has 1 aromatic heterocycles. The van der Waals surface area contributed by atoms with Crippen LogP contribution < -0.4 is 16.0 Å². The summed E-state index contributed by atoms with van der Waals surface area (Å²) in [5.74, 6) is 4.79. The molecular weight excluding hydrogens is 302 g/mol. The van der Waals surface area contributed by atoms with Crippen molar-refractivity contribution >= 4 is 23.2 Å². The minimum Gasteiger partial charge on any atom is -0.471 e. The van der Waals surface area contributed by atoms with Gasteiger partial charge in [-0.2, -0.15) is 5.10 Å². The molecule has 0 saturated carbocycles. The number of benzene rings is 1. The van der Waals surface area contributed by atoms with Gasteiger partial charge in [0, 0.05) is 18.3 Å². The highest BCUT2D eigenvalue weighted by atomic mass is 35.5. The second-order valence-corrected chi connectivity index (χ2v) is 4.27. The van der Waals surface area contributed by atoms with Crippen molar-refractivity contribution < 1.29 is 14.5 Å². The summed E-state index contributed by atoms with van der Waals surface area (Å²) in [6.07, 6.45) is 1.40. The molecule has 0 bridgehead atoms. The molecule has 1 aromatic carbocycles. The largest absolute Gasteiger partial charge is 0.471 e. The van der Waals surface area contributed by atoms with E-state index in [0.717, 1.165) is 0 Å². The minimum absolute atomic E-state index is 0.0185. The first kappa shape index (κ1) is 14.8. The van der Waals surface area contributed by atoms with E-state index >= 15 is 0 Å². The standard InChI is InChI=1S/C11H10ClN5O4/c12-9-5-16(15-10(9)11(18)14-13)6-21-8-3-1-7(2-4-8)17(19)20/h1-5H,6,13H2,(H,14,18). The minimum atomic E-state index is -0.617. The maximum absolute atomic E-state index is 11.3. The number of aromatic nitrogens is 2. The van der Waals surface area contributed by atoms with Crippen molar-refractivity contribution in [1.29, 1.82) is 0 Å². The zero-order valence-corrected chi connectivity index (χ0v) is 11.3. The number of hydrogen-bond acceptors (Lipinski definition) is 6. The van der Waals surface area contributed by atoms with Crippen molar-refractivity contribution in [3.05, 3.63) is 51.3 Å². The lowest BCUT2D eigenvalue weighted by molar-refractivity contribution is -0.384. The maximum atomic E-state index is 11.3. The molecule has 110 valence electrons. The van der Waals surface area contributed by atoms with Crippen molar-refractivity contribution in [3.8, 4) is 5.75 Å². The quantitative estimate of drug-likeness (QED) is 0.368. The number of hydrogen-bond donors (Lipinski definition) is 2. The van der Waals surface area contributed by atoms with E-state index in [1.165, 1.54) is 35.1 Å². The molecule has 0 fully saturated rings. The van der Waals surface area contributed by atoms with E-state index in [4.69, 9.17) is 22.2 Å². The number of nitrogens with zero attached hydrogens (tertiary/aromatic N) is 3. The monoisotopic (exact) mass is 311 g/mol. The Bertz CT molecular complexity index is 670. The van der Waals surface area contributed by atoms with Gasteiger partial charge in [-0.3, -0.25) is 20.3 Å². The van der Waals surface area contributed by atoms with Gasteiger partial charge in [0.05, 0.1) is 9.95 Å². The fraction of sp³-hybridized carbons (Fsp3) is 0.0909. The van der Waals surface area contributed by atoms with E-state index in [1.807, 2.05) is 5.43 Å². The lowest BCUT2D eigenvalue weighted by atomic mass is 10.3. The van der Waals surface area contributed by atoms with Gasteiger partial charge in [-0.1, -0.05) is 11.6 Å². The second-order valence-electron chi connectivity index (χ2n) is 3.86. The van der Waals surface area contributed by atoms with Crippen molar-refractivity contribution in [1.82, 2.24) is 15.2 Å². The third kappa shape index (κ3) is 3.46. The van der Waals surface area contributed by atoms with Crippen molar-refractivity contribution in [2.45, 2.75) is 6.73 Å². The number of nitrogens with one attached hydrogen (secondary N) is 1. The Morgan fingerprint density at radius 3 is 2.71 bits per heavy atom. The smallest absolute Gasteiger partial charge is 0.287 e. The van der Waals surface area contributed by atoms with Crippen LogP contribution >= 0.6 is 11.6 Å². The number of nitrogen functional groups attached to an aromatic ring is 1. The van der Waals surface area contributed by atoms with Gasteiger partial charge in [-0.25, -0.2) is 10.5 Å². The first-order chi connectivity index (χ1) is 10.0. The summed E-state index contributed by atoms with van der Waals surface area (Å²) < 4.78 is 6.66. The van der Waals surface area contributed by atoms with E-state index in [2.05, 4.69) is 5.10 Å². The zero-order chi connectivity index (χ0) is 15.4. The van der Waals surface area contributed by atoms with Crippen LogP contribution in [0.5, 0.6) is 5.75 Å². The summed E-state index contributed by atoms with van der Waals surface area (Å²) in [5.41, 5.74) is 1.86. The third-order valence-electron chi connectivity index (χ3n) is 2.47. The summed E-state index contributed by atoms with van der Waals surface area (Å²) in [5, 5.41) is 14.5. The number of nitro benzene ring substituents is 1. The number of nitro groups is 1. The molecule has 0 radical (unpaired) electrons. The highest BCUT2D eigenvalue weighted by Gasteiger charge is 2.14. The molecule has 3 N–H and O–H groups in total. The number of halogens is 1. The Kier molecular flexibility index (Phi) is 4.36. The lowest BCUT2D eigenvalue weighted by Crippen LogP contribution is -2.30. The first-order valence-corrected chi connectivity index (χ1v) is 6.00. The van der Waals surface area contributed by atoms with Gasteiger partial charge in [0.15, 0.2) is 12.4 Å². The summed E-state index contributed by atoms with van der Waals surface area (Å²) >= 11 is 5.83. The van der Waals surface area contributed by atoms with Crippen LogP contribution in [0.25, 0.3) is 0 Å². The fourth-order valence-corrected chi connectivity index (χ4v) is 1.73. The predicted octanol–water partition coefficient (Wildman–Crippen LogP) is 1.08. The van der Waals surface area contributed by atoms with Crippen LogP contribution in [0.4, 0.5) is 5.69 Å². The van der Waals surface area contributed by atoms with Crippen LogP contribution in [0.2, 0.25) is 5.02 Å². The SMILES string of the molecule is NNC(=O)c1nn(COc2ccc([N+](=O)[O-])cc2)cc1Cl. The van der Waals surface area contributed by atoms with Crippen LogP contribution in [0.15, 0.2) is 30.5 Å². The van der Waals surface area contributed by atoms with E-state index in [0.29, 0.717) is 5.75 Å². The number of hydrazine groups is 1. The summed E-state index contributed by atoms with van der Waals surface area (Å²) in [7, 11) is 0.